The van der Waals surface area contributed by atoms with Crippen molar-refractivity contribution in [2.24, 2.45) is 0 Å². The second-order valence-electron chi connectivity index (χ2n) is 2.81. The van der Waals surface area contributed by atoms with Crippen molar-refractivity contribution in [3.8, 4) is 0 Å². The Bertz CT molecular complexity index is 519. The molecule has 0 amide bonds. The highest BCUT2D eigenvalue weighted by atomic mass is 35.5. The zero-order chi connectivity index (χ0) is 11.2. The van der Waals surface area contributed by atoms with Gasteiger partial charge in [-0.1, -0.05) is 11.6 Å². The van der Waals surface area contributed by atoms with Gasteiger partial charge in [0.15, 0.2) is 5.65 Å². The van der Waals surface area contributed by atoms with E-state index in [4.69, 9.17) is 17.3 Å². The molecule has 0 aliphatic carbocycles. The third kappa shape index (κ3) is 1.70. The molecule has 0 saturated carbocycles. The molecule has 0 fully saturated rings. The summed E-state index contributed by atoms with van der Waals surface area (Å²) in [6.07, 6.45) is -3.33. The number of hydrogen-bond acceptors (Lipinski definition) is 3. The first-order chi connectivity index (χ1) is 6.88. The van der Waals surface area contributed by atoms with Gasteiger partial charge in [-0.2, -0.15) is 18.2 Å². The van der Waals surface area contributed by atoms with E-state index in [9.17, 15) is 13.2 Å². The van der Waals surface area contributed by atoms with Gasteiger partial charge in [-0.3, -0.25) is 0 Å². The summed E-state index contributed by atoms with van der Waals surface area (Å²) in [5, 5.41) is 3.46. The molecule has 0 radical (unpaired) electrons. The minimum atomic E-state index is -4.54. The fraction of sp³-hybridized carbons (Fsp3) is 0.143. The molecule has 2 aromatic rings. The molecule has 0 unspecified atom stereocenters. The number of anilines is 1. The second-order valence-corrected chi connectivity index (χ2v) is 3.24. The van der Waals surface area contributed by atoms with Crippen molar-refractivity contribution < 1.29 is 13.2 Å². The number of nitrogens with two attached hydrogens (primary N) is 1. The number of rotatable bonds is 0. The topological polar surface area (TPSA) is 56.2 Å². The molecule has 80 valence electrons. The average Bonchev–Trinajstić information content (AvgIpc) is 2.41. The predicted molar refractivity (Wildman–Crippen MR) is 47.4 cm³/mol. The highest BCUT2D eigenvalue weighted by molar-refractivity contribution is 6.30. The van der Waals surface area contributed by atoms with E-state index < -0.39 is 11.7 Å². The zero-order valence-corrected chi connectivity index (χ0v) is 7.84. The highest BCUT2D eigenvalue weighted by Gasteiger charge is 2.34. The number of alkyl halides is 3. The Morgan fingerprint density at radius 1 is 1.40 bits per heavy atom. The molecule has 2 aromatic heterocycles. The van der Waals surface area contributed by atoms with E-state index in [1.54, 1.807) is 0 Å². The van der Waals surface area contributed by atoms with Gasteiger partial charge in [-0.15, -0.1) is 5.10 Å². The van der Waals surface area contributed by atoms with E-state index in [1.807, 2.05) is 0 Å². The van der Waals surface area contributed by atoms with Crippen LogP contribution in [0.25, 0.3) is 5.65 Å². The summed E-state index contributed by atoms with van der Waals surface area (Å²) in [5.74, 6) is -0.234. The quantitative estimate of drug-likeness (QED) is 0.761. The minimum Gasteiger partial charge on any atom is -0.366 e. The van der Waals surface area contributed by atoms with Crippen LogP contribution in [0.3, 0.4) is 0 Å². The Hall–Kier alpha value is -1.50. The Balaban J connectivity index is 2.82. The smallest absolute Gasteiger partial charge is 0.366 e. The van der Waals surface area contributed by atoms with E-state index in [2.05, 4.69) is 10.1 Å². The molecule has 8 heteroatoms. The molecule has 0 aliphatic rings. The van der Waals surface area contributed by atoms with Gasteiger partial charge in [0.1, 0.15) is 5.56 Å². The first-order valence-corrected chi connectivity index (χ1v) is 4.14. The lowest BCUT2D eigenvalue weighted by atomic mass is 10.2. The third-order valence-corrected chi connectivity index (χ3v) is 1.93. The lowest BCUT2D eigenvalue weighted by Gasteiger charge is -2.07. The van der Waals surface area contributed by atoms with Gasteiger partial charge in [0, 0.05) is 6.20 Å². The largest absolute Gasteiger partial charge is 0.420 e. The highest BCUT2D eigenvalue weighted by Crippen LogP contribution is 2.33. The van der Waals surface area contributed by atoms with Crippen molar-refractivity contribution in [1.82, 2.24) is 14.6 Å². The number of fused-ring (bicyclic) bond motifs is 1. The average molecular weight is 237 g/mol. The van der Waals surface area contributed by atoms with Gasteiger partial charge in [0.05, 0.1) is 5.02 Å². The van der Waals surface area contributed by atoms with Crippen LogP contribution < -0.4 is 5.73 Å². The summed E-state index contributed by atoms with van der Waals surface area (Å²) in [6.45, 7) is 0. The van der Waals surface area contributed by atoms with Crippen molar-refractivity contribution in [3.05, 3.63) is 22.8 Å². The van der Waals surface area contributed by atoms with Gasteiger partial charge in [0.2, 0.25) is 5.95 Å². The summed E-state index contributed by atoms with van der Waals surface area (Å²) in [6, 6.07) is 0.783. The van der Waals surface area contributed by atoms with Crippen LogP contribution in [0.15, 0.2) is 12.3 Å². The van der Waals surface area contributed by atoms with Gasteiger partial charge in [-0.25, -0.2) is 4.52 Å². The van der Waals surface area contributed by atoms with E-state index in [1.165, 1.54) is 6.20 Å². The standard InChI is InChI=1S/C7H4ClF3N4/c8-3-1-4(7(9,10)11)5-13-6(12)14-15(5)2-3/h1-2H,(H2,12,14). The summed E-state index contributed by atoms with van der Waals surface area (Å²) in [4.78, 5) is 3.47. The monoisotopic (exact) mass is 236 g/mol. The van der Waals surface area contributed by atoms with E-state index in [-0.39, 0.29) is 16.6 Å². The lowest BCUT2D eigenvalue weighted by Crippen LogP contribution is -2.08. The molecule has 0 atom stereocenters. The van der Waals surface area contributed by atoms with E-state index >= 15 is 0 Å². The number of nitrogens with zero attached hydrogens (tertiary/aromatic N) is 3. The molecule has 0 aliphatic heterocycles. The van der Waals surface area contributed by atoms with Crippen LogP contribution in [0.1, 0.15) is 5.56 Å². The van der Waals surface area contributed by atoms with Gasteiger partial charge < -0.3 is 5.73 Å². The van der Waals surface area contributed by atoms with Crippen molar-refractivity contribution in [1.29, 1.82) is 0 Å². The summed E-state index contributed by atoms with van der Waals surface area (Å²) >= 11 is 5.51. The molecule has 2 N–H and O–H groups in total. The summed E-state index contributed by atoms with van der Waals surface area (Å²) in [7, 11) is 0. The van der Waals surface area contributed by atoms with E-state index in [0.29, 0.717) is 0 Å². The zero-order valence-electron chi connectivity index (χ0n) is 7.09. The third-order valence-electron chi connectivity index (χ3n) is 1.72. The molecule has 0 bridgehead atoms. The maximum Gasteiger partial charge on any atom is 0.420 e. The van der Waals surface area contributed by atoms with Crippen molar-refractivity contribution in [2.75, 3.05) is 5.73 Å². The van der Waals surface area contributed by atoms with Crippen LogP contribution in [0, 0.1) is 0 Å². The number of pyridine rings is 1. The Labute approximate surface area is 86.5 Å². The SMILES string of the molecule is Nc1nc2c(C(F)(F)F)cc(Cl)cn2n1. The van der Waals surface area contributed by atoms with Crippen LogP contribution in [0.2, 0.25) is 5.02 Å². The molecule has 2 heterocycles. The summed E-state index contributed by atoms with van der Waals surface area (Å²) in [5.41, 5.74) is 3.88. The number of halogens is 4. The van der Waals surface area contributed by atoms with Gasteiger partial charge in [0.25, 0.3) is 0 Å². The first kappa shape index (κ1) is 10.0. The molecule has 2 rings (SSSR count). The molecule has 0 spiro atoms. The van der Waals surface area contributed by atoms with Gasteiger partial charge in [-0.05, 0) is 6.07 Å². The molecule has 0 saturated heterocycles. The molecule has 15 heavy (non-hydrogen) atoms. The first-order valence-electron chi connectivity index (χ1n) is 3.76. The predicted octanol–water partition coefficient (Wildman–Crippen LogP) is 1.98. The van der Waals surface area contributed by atoms with Crippen LogP contribution >= 0.6 is 11.6 Å². The Morgan fingerprint density at radius 3 is 2.67 bits per heavy atom. The molecular formula is C7H4ClF3N4. The maximum absolute atomic E-state index is 12.5. The van der Waals surface area contributed by atoms with Crippen LogP contribution in [0.4, 0.5) is 19.1 Å². The fourth-order valence-electron chi connectivity index (χ4n) is 1.18. The molecule has 4 nitrogen and oxygen atoms in total. The Kier molecular flexibility index (Phi) is 2.00. The van der Waals surface area contributed by atoms with Crippen LogP contribution in [-0.4, -0.2) is 14.6 Å². The fourth-order valence-corrected chi connectivity index (χ4v) is 1.38. The van der Waals surface area contributed by atoms with Crippen molar-refractivity contribution >= 4 is 23.2 Å². The molecule has 0 aromatic carbocycles. The van der Waals surface area contributed by atoms with Crippen molar-refractivity contribution in [2.45, 2.75) is 6.18 Å². The summed E-state index contributed by atoms with van der Waals surface area (Å²) < 4.78 is 38.5. The van der Waals surface area contributed by atoms with Crippen molar-refractivity contribution in [3.63, 3.8) is 0 Å². The van der Waals surface area contributed by atoms with Gasteiger partial charge >= 0.3 is 6.18 Å². The normalized spacial score (nSPS) is 12.3. The second kappa shape index (κ2) is 2.99. The lowest BCUT2D eigenvalue weighted by molar-refractivity contribution is -0.136. The maximum atomic E-state index is 12.5. The minimum absolute atomic E-state index is 0.0836. The Morgan fingerprint density at radius 2 is 2.07 bits per heavy atom. The number of aromatic nitrogens is 3. The molecular weight excluding hydrogens is 233 g/mol. The number of hydrogen-bond donors (Lipinski definition) is 1. The van der Waals surface area contributed by atoms with Crippen LogP contribution in [-0.2, 0) is 6.18 Å². The number of nitrogen functional groups attached to an aromatic ring is 1. The van der Waals surface area contributed by atoms with E-state index in [0.717, 1.165) is 10.6 Å². The van der Waals surface area contributed by atoms with Crippen LogP contribution in [0.5, 0.6) is 0 Å².